The molecule has 0 radical (unpaired) electrons. The van der Waals surface area contributed by atoms with E-state index >= 15 is 0 Å². The molecule has 0 aliphatic carbocycles. The van der Waals surface area contributed by atoms with E-state index in [0.717, 1.165) is 17.5 Å². The summed E-state index contributed by atoms with van der Waals surface area (Å²) in [7, 11) is 1.23. The summed E-state index contributed by atoms with van der Waals surface area (Å²) in [5.41, 5.74) is 5.62. The lowest BCUT2D eigenvalue weighted by Gasteiger charge is -1.99. The quantitative estimate of drug-likeness (QED) is 0.841. The maximum absolute atomic E-state index is 12.5. The molecular formula is C10H8F2N2O2S. The molecule has 0 saturated carbocycles. The third kappa shape index (κ3) is 1.93. The van der Waals surface area contributed by atoms with Crippen molar-refractivity contribution in [2.24, 2.45) is 0 Å². The highest BCUT2D eigenvalue weighted by Crippen LogP contribution is 2.34. The van der Waals surface area contributed by atoms with Gasteiger partial charge in [-0.15, -0.1) is 11.3 Å². The Labute approximate surface area is 99.0 Å². The lowest BCUT2D eigenvalue weighted by molar-refractivity contribution is 0.0607. The van der Waals surface area contributed by atoms with Crippen molar-refractivity contribution in [2.75, 3.05) is 12.8 Å². The van der Waals surface area contributed by atoms with Crippen molar-refractivity contribution < 1.29 is 18.3 Å². The normalized spacial score (nSPS) is 11.1. The van der Waals surface area contributed by atoms with Crippen LogP contribution in [-0.2, 0) is 4.74 Å². The molecule has 0 aromatic carbocycles. The second-order valence-corrected chi connectivity index (χ2v) is 4.26. The molecular weight excluding hydrogens is 250 g/mol. The number of hydrogen-bond donors (Lipinski definition) is 1. The first-order valence-corrected chi connectivity index (χ1v) is 5.40. The molecule has 2 N–H and O–H groups in total. The van der Waals surface area contributed by atoms with Crippen LogP contribution in [0.15, 0.2) is 12.3 Å². The summed E-state index contributed by atoms with van der Waals surface area (Å²) < 4.78 is 29.5. The Morgan fingerprint density at radius 2 is 2.29 bits per heavy atom. The number of methoxy groups -OCH3 is 1. The van der Waals surface area contributed by atoms with Crippen LogP contribution in [0.25, 0.3) is 10.2 Å². The molecule has 0 bridgehead atoms. The SMILES string of the molecule is COC(=O)c1sc2ncc(C(F)F)cc2c1N. The fourth-order valence-corrected chi connectivity index (χ4v) is 2.34. The van der Waals surface area contributed by atoms with Crippen LogP contribution in [0.3, 0.4) is 0 Å². The lowest BCUT2D eigenvalue weighted by Crippen LogP contribution is -2.01. The highest BCUT2D eigenvalue weighted by molar-refractivity contribution is 7.21. The maximum atomic E-state index is 12.5. The zero-order valence-corrected chi connectivity index (χ0v) is 9.55. The van der Waals surface area contributed by atoms with E-state index < -0.39 is 12.4 Å². The predicted octanol–water partition coefficient (Wildman–Crippen LogP) is 2.60. The van der Waals surface area contributed by atoms with Crippen LogP contribution in [0.4, 0.5) is 14.5 Å². The summed E-state index contributed by atoms with van der Waals surface area (Å²) >= 11 is 1.02. The Morgan fingerprint density at radius 3 is 2.88 bits per heavy atom. The number of nitrogens with zero attached hydrogens (tertiary/aromatic N) is 1. The standard InChI is InChI=1S/C10H8F2N2O2S/c1-16-10(15)7-6(13)5-2-4(8(11)12)3-14-9(5)17-7/h2-3,8H,13H2,1H3. The van der Waals surface area contributed by atoms with Crippen molar-refractivity contribution in [3.8, 4) is 0 Å². The van der Waals surface area contributed by atoms with Crippen LogP contribution in [-0.4, -0.2) is 18.1 Å². The minimum Gasteiger partial charge on any atom is -0.465 e. The van der Waals surface area contributed by atoms with Crippen LogP contribution >= 0.6 is 11.3 Å². The van der Waals surface area contributed by atoms with Gasteiger partial charge in [0.25, 0.3) is 6.43 Å². The zero-order chi connectivity index (χ0) is 12.6. The van der Waals surface area contributed by atoms with Crippen molar-refractivity contribution in [3.05, 3.63) is 22.7 Å². The number of fused-ring (bicyclic) bond motifs is 1. The molecule has 2 heterocycles. The van der Waals surface area contributed by atoms with Gasteiger partial charge in [0.2, 0.25) is 0 Å². The molecule has 0 unspecified atom stereocenters. The summed E-state index contributed by atoms with van der Waals surface area (Å²) in [5.74, 6) is -0.593. The van der Waals surface area contributed by atoms with E-state index in [-0.39, 0.29) is 16.1 Å². The monoisotopic (exact) mass is 258 g/mol. The number of esters is 1. The number of carbonyl (C=O) groups is 1. The van der Waals surface area contributed by atoms with E-state index in [9.17, 15) is 13.6 Å². The number of thiophene rings is 1. The summed E-state index contributed by atoms with van der Waals surface area (Å²) in [6.45, 7) is 0. The topological polar surface area (TPSA) is 65.2 Å². The number of nitrogens with two attached hydrogens (primary N) is 1. The number of alkyl halides is 2. The molecule has 0 saturated heterocycles. The van der Waals surface area contributed by atoms with Gasteiger partial charge in [0.05, 0.1) is 12.8 Å². The molecule has 0 spiro atoms. The molecule has 2 rings (SSSR count). The molecule has 17 heavy (non-hydrogen) atoms. The van der Waals surface area contributed by atoms with Crippen molar-refractivity contribution in [2.45, 2.75) is 6.43 Å². The van der Waals surface area contributed by atoms with Gasteiger partial charge in [0.15, 0.2) is 0 Å². The van der Waals surface area contributed by atoms with E-state index in [1.54, 1.807) is 0 Å². The number of aromatic nitrogens is 1. The number of hydrogen-bond acceptors (Lipinski definition) is 5. The average Bonchev–Trinajstić information content (AvgIpc) is 2.65. The van der Waals surface area contributed by atoms with Gasteiger partial charge in [0, 0.05) is 17.1 Å². The lowest BCUT2D eigenvalue weighted by atomic mass is 10.2. The molecule has 2 aromatic heterocycles. The van der Waals surface area contributed by atoms with Crippen LogP contribution in [0.5, 0.6) is 0 Å². The first kappa shape index (κ1) is 11.7. The first-order valence-electron chi connectivity index (χ1n) is 4.59. The average molecular weight is 258 g/mol. The van der Waals surface area contributed by atoms with Gasteiger partial charge in [-0.1, -0.05) is 0 Å². The molecule has 90 valence electrons. The molecule has 0 amide bonds. The van der Waals surface area contributed by atoms with Gasteiger partial charge >= 0.3 is 5.97 Å². The van der Waals surface area contributed by atoms with E-state index in [4.69, 9.17) is 5.73 Å². The van der Waals surface area contributed by atoms with Gasteiger partial charge in [-0.2, -0.15) is 0 Å². The molecule has 4 nitrogen and oxygen atoms in total. The van der Waals surface area contributed by atoms with Gasteiger partial charge in [-0.25, -0.2) is 18.6 Å². The number of nitrogen functional groups attached to an aromatic ring is 1. The van der Waals surface area contributed by atoms with Crippen molar-refractivity contribution in [3.63, 3.8) is 0 Å². The number of anilines is 1. The third-order valence-electron chi connectivity index (χ3n) is 2.23. The zero-order valence-electron chi connectivity index (χ0n) is 8.74. The number of pyridine rings is 1. The minimum absolute atomic E-state index is 0.131. The van der Waals surface area contributed by atoms with E-state index in [2.05, 4.69) is 9.72 Å². The highest BCUT2D eigenvalue weighted by Gasteiger charge is 2.19. The van der Waals surface area contributed by atoms with E-state index in [0.29, 0.717) is 10.2 Å². The maximum Gasteiger partial charge on any atom is 0.350 e. The second-order valence-electron chi connectivity index (χ2n) is 3.26. The highest BCUT2D eigenvalue weighted by atomic mass is 32.1. The molecule has 0 fully saturated rings. The van der Waals surface area contributed by atoms with Crippen molar-refractivity contribution in [1.82, 2.24) is 4.98 Å². The Hall–Kier alpha value is -1.76. The van der Waals surface area contributed by atoms with Crippen molar-refractivity contribution >= 4 is 33.2 Å². The molecule has 2 aromatic rings. The predicted molar refractivity (Wildman–Crippen MR) is 60.3 cm³/mol. The Bertz CT molecular complexity index is 583. The summed E-state index contributed by atoms with van der Waals surface area (Å²) in [4.78, 5) is 15.8. The second kappa shape index (κ2) is 4.25. The fraction of sp³-hybridized carbons (Fsp3) is 0.200. The third-order valence-corrected chi connectivity index (χ3v) is 3.34. The first-order chi connectivity index (χ1) is 8.04. The fourth-order valence-electron chi connectivity index (χ4n) is 1.38. The summed E-state index contributed by atoms with van der Waals surface area (Å²) in [6.07, 6.45) is -1.54. The van der Waals surface area contributed by atoms with Crippen LogP contribution in [0, 0.1) is 0 Å². The number of halogens is 2. The number of carbonyl (C=O) groups excluding carboxylic acids is 1. The Morgan fingerprint density at radius 1 is 1.59 bits per heavy atom. The summed E-state index contributed by atoms with van der Waals surface area (Å²) in [6, 6.07) is 1.24. The molecule has 7 heteroatoms. The molecule has 0 aliphatic heterocycles. The molecule has 0 atom stereocenters. The summed E-state index contributed by atoms with van der Waals surface area (Å²) in [5, 5.41) is 0.355. The number of ether oxygens (including phenoxy) is 1. The van der Waals surface area contributed by atoms with E-state index in [1.807, 2.05) is 0 Å². The smallest absolute Gasteiger partial charge is 0.350 e. The van der Waals surface area contributed by atoms with Gasteiger partial charge in [0.1, 0.15) is 9.71 Å². The largest absolute Gasteiger partial charge is 0.465 e. The van der Waals surface area contributed by atoms with E-state index in [1.165, 1.54) is 13.2 Å². The molecule has 0 aliphatic rings. The Kier molecular flexibility index (Phi) is 2.93. The van der Waals surface area contributed by atoms with Crippen molar-refractivity contribution in [1.29, 1.82) is 0 Å². The number of rotatable bonds is 2. The Balaban J connectivity index is 2.62. The van der Waals surface area contributed by atoms with Crippen LogP contribution in [0.2, 0.25) is 0 Å². The van der Waals surface area contributed by atoms with Crippen LogP contribution in [0.1, 0.15) is 21.7 Å². The van der Waals surface area contributed by atoms with Gasteiger partial charge in [-0.3, -0.25) is 0 Å². The minimum atomic E-state index is -2.62. The van der Waals surface area contributed by atoms with Gasteiger partial charge < -0.3 is 10.5 Å². The van der Waals surface area contributed by atoms with Crippen LogP contribution < -0.4 is 5.73 Å². The van der Waals surface area contributed by atoms with Gasteiger partial charge in [-0.05, 0) is 6.07 Å².